The Bertz CT molecular complexity index is 504. The van der Waals surface area contributed by atoms with E-state index in [0.717, 1.165) is 12.1 Å². The van der Waals surface area contributed by atoms with Crippen LogP contribution in [-0.4, -0.2) is 18.2 Å². The van der Waals surface area contributed by atoms with Gasteiger partial charge in [0.05, 0.1) is 19.1 Å². The highest BCUT2D eigenvalue weighted by molar-refractivity contribution is 5.70. The second-order valence-corrected chi connectivity index (χ2v) is 4.76. The van der Waals surface area contributed by atoms with Crippen LogP contribution in [0, 0.1) is 0 Å². The largest absolute Gasteiger partial charge is 0.496 e. The average molecular weight is 274 g/mol. The third-order valence-electron chi connectivity index (χ3n) is 3.44. The van der Waals surface area contributed by atoms with Gasteiger partial charge in [-0.05, 0) is 31.0 Å². The summed E-state index contributed by atoms with van der Waals surface area (Å²) in [7, 11) is 1.36. The van der Waals surface area contributed by atoms with E-state index in [9.17, 15) is 18.0 Å². The maximum Gasteiger partial charge on any atom is 0.416 e. The number of hydrogen-bond acceptors (Lipinski definition) is 2. The van der Waals surface area contributed by atoms with Crippen molar-refractivity contribution < 1.29 is 27.8 Å². The van der Waals surface area contributed by atoms with E-state index in [4.69, 9.17) is 9.84 Å². The lowest BCUT2D eigenvalue weighted by atomic mass is 9.90. The molecule has 0 atom stereocenters. The molecule has 0 aromatic heterocycles. The van der Waals surface area contributed by atoms with Gasteiger partial charge in [-0.2, -0.15) is 13.2 Å². The Labute approximate surface area is 108 Å². The summed E-state index contributed by atoms with van der Waals surface area (Å²) in [6.45, 7) is 0. The smallest absolute Gasteiger partial charge is 0.416 e. The van der Waals surface area contributed by atoms with Gasteiger partial charge in [-0.1, -0.05) is 0 Å². The van der Waals surface area contributed by atoms with Gasteiger partial charge < -0.3 is 9.84 Å². The Morgan fingerprint density at radius 2 is 2.05 bits per heavy atom. The Morgan fingerprint density at radius 3 is 2.47 bits per heavy atom. The van der Waals surface area contributed by atoms with Gasteiger partial charge >= 0.3 is 12.1 Å². The zero-order valence-corrected chi connectivity index (χ0v) is 10.3. The Morgan fingerprint density at radius 1 is 1.42 bits per heavy atom. The lowest BCUT2D eigenvalue weighted by molar-refractivity contribution is -0.138. The third-order valence-corrected chi connectivity index (χ3v) is 3.44. The Kier molecular flexibility index (Phi) is 3.20. The van der Waals surface area contributed by atoms with E-state index < -0.39 is 23.1 Å². The first kappa shape index (κ1) is 13.7. The number of alkyl halides is 3. The first-order valence-electron chi connectivity index (χ1n) is 5.76. The lowest BCUT2D eigenvalue weighted by Crippen LogP contribution is -2.16. The molecule has 1 saturated carbocycles. The van der Waals surface area contributed by atoms with Crippen molar-refractivity contribution in [3.05, 3.63) is 29.3 Å². The molecule has 3 nitrogen and oxygen atoms in total. The summed E-state index contributed by atoms with van der Waals surface area (Å²) < 4.78 is 43.2. The zero-order valence-electron chi connectivity index (χ0n) is 10.3. The van der Waals surface area contributed by atoms with Crippen LogP contribution in [0.25, 0.3) is 0 Å². The molecular weight excluding hydrogens is 261 g/mol. The molecule has 6 heteroatoms. The van der Waals surface area contributed by atoms with Gasteiger partial charge in [0.15, 0.2) is 0 Å². The molecule has 2 rings (SSSR count). The fraction of sp³-hybridized carbons (Fsp3) is 0.462. The van der Waals surface area contributed by atoms with Crippen molar-refractivity contribution in [2.24, 2.45) is 0 Å². The molecule has 0 amide bonds. The van der Waals surface area contributed by atoms with Crippen LogP contribution in [-0.2, 0) is 16.4 Å². The fourth-order valence-electron chi connectivity index (χ4n) is 2.28. The predicted molar refractivity (Wildman–Crippen MR) is 61.2 cm³/mol. The number of halogens is 3. The maximum atomic E-state index is 12.7. The molecule has 1 aromatic rings. The molecule has 0 heterocycles. The predicted octanol–water partition coefficient (Wildman–Crippen LogP) is 3.22. The minimum Gasteiger partial charge on any atom is -0.496 e. The van der Waals surface area contributed by atoms with E-state index in [2.05, 4.69) is 0 Å². The van der Waals surface area contributed by atoms with Crippen molar-refractivity contribution in [2.75, 3.05) is 7.11 Å². The summed E-state index contributed by atoms with van der Waals surface area (Å²) in [6.07, 6.45) is -3.49. The number of carbonyl (C=O) groups is 1. The van der Waals surface area contributed by atoms with E-state index in [1.165, 1.54) is 13.2 Å². The summed E-state index contributed by atoms with van der Waals surface area (Å²) in [5, 5.41) is 8.88. The number of carboxylic acids is 1. The second kappa shape index (κ2) is 4.43. The van der Waals surface area contributed by atoms with E-state index >= 15 is 0 Å². The number of rotatable bonds is 4. The first-order valence-corrected chi connectivity index (χ1v) is 5.76. The van der Waals surface area contributed by atoms with E-state index in [1.54, 1.807) is 0 Å². The molecule has 19 heavy (non-hydrogen) atoms. The van der Waals surface area contributed by atoms with Gasteiger partial charge in [0.1, 0.15) is 5.75 Å². The number of carboxylic acid groups (broad SMARTS) is 1. The lowest BCUT2D eigenvalue weighted by Gasteiger charge is -2.19. The number of benzene rings is 1. The van der Waals surface area contributed by atoms with Crippen molar-refractivity contribution in [1.82, 2.24) is 0 Å². The number of aliphatic carboxylic acids is 1. The van der Waals surface area contributed by atoms with Crippen LogP contribution < -0.4 is 4.74 Å². The van der Waals surface area contributed by atoms with Crippen molar-refractivity contribution in [3.8, 4) is 5.75 Å². The highest BCUT2D eigenvalue weighted by Crippen LogP contribution is 2.54. The first-order chi connectivity index (χ1) is 8.78. The van der Waals surface area contributed by atoms with E-state index in [0.29, 0.717) is 24.2 Å². The van der Waals surface area contributed by atoms with Crippen molar-refractivity contribution >= 4 is 5.97 Å². The van der Waals surface area contributed by atoms with E-state index in [-0.39, 0.29) is 6.42 Å². The van der Waals surface area contributed by atoms with Crippen molar-refractivity contribution in [2.45, 2.75) is 30.9 Å². The van der Waals surface area contributed by atoms with Crippen LogP contribution >= 0.6 is 0 Å². The number of methoxy groups -OCH3 is 1. The molecule has 104 valence electrons. The van der Waals surface area contributed by atoms with Crippen molar-refractivity contribution in [1.29, 1.82) is 0 Å². The highest BCUT2D eigenvalue weighted by Gasteiger charge is 2.48. The SMILES string of the molecule is COc1ccc(C(F)(F)F)cc1C1(CC(=O)O)CC1. The van der Waals surface area contributed by atoms with Crippen LogP contribution in [0.2, 0.25) is 0 Å². The van der Waals surface area contributed by atoms with Crippen LogP contribution in [0.15, 0.2) is 18.2 Å². The molecule has 1 N–H and O–H groups in total. The topological polar surface area (TPSA) is 46.5 Å². The normalized spacial score (nSPS) is 17.1. The minimum absolute atomic E-state index is 0.176. The molecule has 1 aliphatic rings. The molecule has 0 unspecified atom stereocenters. The number of hydrogen-bond donors (Lipinski definition) is 1. The summed E-state index contributed by atoms with van der Waals surface area (Å²) >= 11 is 0. The Hall–Kier alpha value is -1.72. The molecule has 0 saturated heterocycles. The zero-order chi connectivity index (χ0) is 14.3. The van der Waals surface area contributed by atoms with Gasteiger partial charge in [0, 0.05) is 11.0 Å². The second-order valence-electron chi connectivity index (χ2n) is 4.76. The molecule has 0 bridgehead atoms. The van der Waals surface area contributed by atoms with Gasteiger partial charge in [-0.15, -0.1) is 0 Å². The van der Waals surface area contributed by atoms with Gasteiger partial charge in [0.2, 0.25) is 0 Å². The van der Waals surface area contributed by atoms with Crippen LogP contribution in [0.3, 0.4) is 0 Å². The Balaban J connectivity index is 2.46. The third kappa shape index (κ3) is 2.67. The molecule has 0 spiro atoms. The molecule has 1 aromatic carbocycles. The van der Waals surface area contributed by atoms with Crippen LogP contribution in [0.1, 0.15) is 30.4 Å². The standard InChI is InChI=1S/C13H13F3O3/c1-19-10-3-2-8(13(14,15)16)6-9(10)12(4-5-12)7-11(17)18/h2-3,6H,4-5,7H2,1H3,(H,17,18). The molecule has 0 radical (unpaired) electrons. The average Bonchev–Trinajstić information content (AvgIpc) is 3.07. The summed E-state index contributed by atoms with van der Waals surface area (Å²) in [5.74, 6) is -0.705. The fourth-order valence-corrected chi connectivity index (χ4v) is 2.28. The van der Waals surface area contributed by atoms with E-state index in [1.807, 2.05) is 0 Å². The summed E-state index contributed by atoms with van der Waals surface area (Å²) in [5.41, 5.74) is -1.15. The quantitative estimate of drug-likeness (QED) is 0.917. The maximum absolute atomic E-state index is 12.7. The van der Waals surface area contributed by atoms with Crippen LogP contribution in [0.4, 0.5) is 13.2 Å². The summed E-state index contributed by atoms with van der Waals surface area (Å²) in [6, 6.07) is 3.20. The highest BCUT2D eigenvalue weighted by atomic mass is 19.4. The minimum atomic E-state index is -4.44. The van der Waals surface area contributed by atoms with Gasteiger partial charge in [0.25, 0.3) is 0 Å². The van der Waals surface area contributed by atoms with Gasteiger partial charge in [-0.25, -0.2) is 0 Å². The van der Waals surface area contributed by atoms with Crippen LogP contribution in [0.5, 0.6) is 5.75 Å². The molecular formula is C13H13F3O3. The number of ether oxygens (including phenoxy) is 1. The monoisotopic (exact) mass is 274 g/mol. The van der Waals surface area contributed by atoms with Crippen molar-refractivity contribution in [3.63, 3.8) is 0 Å². The molecule has 1 fully saturated rings. The molecule has 0 aliphatic heterocycles. The molecule has 1 aliphatic carbocycles. The summed E-state index contributed by atoms with van der Waals surface area (Å²) in [4.78, 5) is 10.8. The van der Waals surface area contributed by atoms with Gasteiger partial charge in [-0.3, -0.25) is 4.79 Å².